The molecule has 0 saturated carbocycles. The molecule has 3 rings (SSSR count). The van der Waals surface area contributed by atoms with Gasteiger partial charge in [0.1, 0.15) is 23.9 Å². The normalized spacial score (nSPS) is 10.6. The van der Waals surface area contributed by atoms with Crippen LogP contribution in [0.15, 0.2) is 64.0 Å². The quantitative estimate of drug-likeness (QED) is 0.464. The molecule has 0 unspecified atom stereocenters. The summed E-state index contributed by atoms with van der Waals surface area (Å²) in [6.45, 7) is 2.51. The molecule has 0 atom stereocenters. The van der Waals surface area contributed by atoms with Gasteiger partial charge in [-0.05, 0) is 43.3 Å². The summed E-state index contributed by atoms with van der Waals surface area (Å²) in [5, 5.41) is 6.70. The number of carbonyl (C=O) groups excluding carboxylic acids is 1. The highest BCUT2D eigenvalue weighted by Gasteiger charge is 2.12. The molecule has 5 nitrogen and oxygen atoms in total. The lowest BCUT2D eigenvalue weighted by Crippen LogP contribution is -2.28. The van der Waals surface area contributed by atoms with E-state index >= 15 is 0 Å². The van der Waals surface area contributed by atoms with E-state index in [9.17, 15) is 9.18 Å². The van der Waals surface area contributed by atoms with Crippen molar-refractivity contribution < 1.29 is 18.4 Å². The van der Waals surface area contributed by atoms with Crippen molar-refractivity contribution in [2.75, 3.05) is 13.2 Å². The number of benzene rings is 2. The maximum atomic E-state index is 12.9. The van der Waals surface area contributed by atoms with E-state index < -0.39 is 0 Å². The first-order valence-corrected chi connectivity index (χ1v) is 9.41. The largest absolute Gasteiger partial charge is 0.492 e. The number of carbonyl (C=O) groups is 1. The van der Waals surface area contributed by atoms with Crippen molar-refractivity contribution in [1.82, 2.24) is 10.5 Å². The van der Waals surface area contributed by atoms with Crippen LogP contribution in [-0.4, -0.2) is 24.2 Å². The van der Waals surface area contributed by atoms with Crippen LogP contribution in [0.5, 0.6) is 5.75 Å². The Hall–Kier alpha value is -2.80. The second-order valence-electron chi connectivity index (χ2n) is 5.78. The Morgan fingerprint density at radius 3 is 2.74 bits per heavy atom. The van der Waals surface area contributed by atoms with Crippen LogP contribution in [0, 0.1) is 12.7 Å². The monoisotopic (exact) mass is 386 g/mol. The molecule has 0 saturated heterocycles. The van der Waals surface area contributed by atoms with Crippen LogP contribution < -0.4 is 10.1 Å². The van der Waals surface area contributed by atoms with Crippen LogP contribution in [0.2, 0.25) is 0 Å². The van der Waals surface area contributed by atoms with Gasteiger partial charge in [0.25, 0.3) is 5.91 Å². The SMILES string of the molecule is Cc1cc(CSc2ccccc2C(=O)NCCOc2ccc(F)cc2)on1. The maximum Gasteiger partial charge on any atom is 0.252 e. The van der Waals surface area contributed by atoms with Crippen molar-refractivity contribution in [2.45, 2.75) is 17.6 Å². The van der Waals surface area contributed by atoms with Crippen molar-refractivity contribution in [3.63, 3.8) is 0 Å². The number of hydrogen-bond acceptors (Lipinski definition) is 5. The minimum absolute atomic E-state index is 0.172. The highest BCUT2D eigenvalue weighted by Crippen LogP contribution is 2.26. The number of hydrogen-bond donors (Lipinski definition) is 1. The van der Waals surface area contributed by atoms with E-state index in [-0.39, 0.29) is 11.7 Å². The molecule has 2 aromatic carbocycles. The van der Waals surface area contributed by atoms with Crippen LogP contribution in [0.25, 0.3) is 0 Å². The molecule has 0 radical (unpaired) electrons. The summed E-state index contributed by atoms with van der Waals surface area (Å²) in [4.78, 5) is 13.3. The van der Waals surface area contributed by atoms with E-state index in [4.69, 9.17) is 9.26 Å². The standard InChI is InChI=1S/C20H19FN2O3S/c1-14-12-17(26-23-14)13-27-19-5-3-2-4-18(19)20(24)22-10-11-25-16-8-6-15(21)7-9-16/h2-9,12H,10-11,13H2,1H3,(H,22,24). The molecule has 0 bridgehead atoms. The maximum absolute atomic E-state index is 12.9. The summed E-state index contributed by atoms with van der Waals surface area (Å²) in [5.74, 6) is 1.43. The lowest BCUT2D eigenvalue weighted by atomic mass is 10.2. The molecule has 0 aliphatic rings. The fraction of sp³-hybridized carbons (Fsp3) is 0.200. The van der Waals surface area contributed by atoms with E-state index in [0.29, 0.717) is 30.2 Å². The molecule has 7 heteroatoms. The van der Waals surface area contributed by atoms with Crippen LogP contribution in [0.3, 0.4) is 0 Å². The summed E-state index contributed by atoms with van der Waals surface area (Å²) in [7, 11) is 0. The summed E-state index contributed by atoms with van der Waals surface area (Å²) in [6.07, 6.45) is 0. The summed E-state index contributed by atoms with van der Waals surface area (Å²) >= 11 is 1.52. The van der Waals surface area contributed by atoms with Gasteiger partial charge in [-0.25, -0.2) is 4.39 Å². The third-order valence-corrected chi connectivity index (χ3v) is 4.74. The minimum Gasteiger partial charge on any atom is -0.492 e. The number of ether oxygens (including phenoxy) is 1. The van der Waals surface area contributed by atoms with Crippen molar-refractivity contribution in [2.24, 2.45) is 0 Å². The number of nitrogens with zero attached hydrogens (tertiary/aromatic N) is 1. The molecule has 0 aliphatic heterocycles. The van der Waals surface area contributed by atoms with Gasteiger partial charge in [0, 0.05) is 11.0 Å². The molecule has 27 heavy (non-hydrogen) atoms. The summed E-state index contributed by atoms with van der Waals surface area (Å²) < 4.78 is 23.5. The van der Waals surface area contributed by atoms with Crippen LogP contribution in [0.4, 0.5) is 4.39 Å². The topological polar surface area (TPSA) is 64.4 Å². The second-order valence-corrected chi connectivity index (χ2v) is 6.79. The second kappa shape index (κ2) is 9.23. The number of rotatable bonds is 8. The van der Waals surface area contributed by atoms with Gasteiger partial charge in [-0.3, -0.25) is 4.79 Å². The fourth-order valence-corrected chi connectivity index (χ4v) is 3.30. The van der Waals surface area contributed by atoms with Crippen molar-refractivity contribution in [3.8, 4) is 5.75 Å². The molecule has 1 amide bonds. The number of aromatic nitrogens is 1. The van der Waals surface area contributed by atoms with Crippen molar-refractivity contribution in [3.05, 3.63) is 77.4 Å². The third kappa shape index (κ3) is 5.59. The highest BCUT2D eigenvalue weighted by atomic mass is 32.2. The van der Waals surface area contributed by atoms with E-state index in [2.05, 4.69) is 10.5 Å². The smallest absolute Gasteiger partial charge is 0.252 e. The molecule has 1 aromatic heterocycles. The third-order valence-electron chi connectivity index (χ3n) is 3.65. The van der Waals surface area contributed by atoms with Crippen LogP contribution in [-0.2, 0) is 5.75 Å². The first-order chi connectivity index (χ1) is 13.1. The van der Waals surface area contributed by atoms with Gasteiger partial charge in [-0.2, -0.15) is 0 Å². The Morgan fingerprint density at radius 2 is 2.00 bits per heavy atom. The number of amides is 1. The molecule has 1 N–H and O–H groups in total. The number of halogens is 1. The zero-order valence-corrected chi connectivity index (χ0v) is 15.6. The number of thioether (sulfide) groups is 1. The van der Waals surface area contributed by atoms with E-state index in [0.717, 1.165) is 16.3 Å². The predicted octanol–water partition coefficient (Wildman–Crippen LogP) is 4.22. The summed E-state index contributed by atoms with van der Waals surface area (Å²) in [6, 6.07) is 15.0. The Morgan fingerprint density at radius 1 is 1.22 bits per heavy atom. The van der Waals surface area contributed by atoms with Gasteiger partial charge < -0.3 is 14.6 Å². The van der Waals surface area contributed by atoms with E-state index in [1.165, 1.54) is 23.9 Å². The average molecular weight is 386 g/mol. The van der Waals surface area contributed by atoms with Gasteiger partial charge in [0.2, 0.25) is 0 Å². The zero-order valence-electron chi connectivity index (χ0n) is 14.8. The Bertz CT molecular complexity index is 896. The predicted molar refractivity (Wildman–Crippen MR) is 101 cm³/mol. The lowest BCUT2D eigenvalue weighted by Gasteiger charge is -2.10. The van der Waals surface area contributed by atoms with Crippen molar-refractivity contribution >= 4 is 17.7 Å². The van der Waals surface area contributed by atoms with Crippen LogP contribution >= 0.6 is 11.8 Å². The molecule has 3 aromatic rings. The molecule has 1 heterocycles. The van der Waals surface area contributed by atoms with Gasteiger partial charge >= 0.3 is 0 Å². The highest BCUT2D eigenvalue weighted by molar-refractivity contribution is 7.98. The molecular weight excluding hydrogens is 367 g/mol. The molecule has 0 aliphatic carbocycles. The fourth-order valence-electron chi connectivity index (χ4n) is 2.37. The number of aryl methyl sites for hydroxylation is 1. The van der Waals surface area contributed by atoms with E-state index in [1.807, 2.05) is 31.2 Å². The molecular formula is C20H19FN2O3S. The van der Waals surface area contributed by atoms with Gasteiger partial charge in [-0.15, -0.1) is 11.8 Å². The summed E-state index contributed by atoms with van der Waals surface area (Å²) in [5.41, 5.74) is 1.43. The van der Waals surface area contributed by atoms with Gasteiger partial charge in [0.05, 0.1) is 23.6 Å². The zero-order chi connectivity index (χ0) is 19.1. The van der Waals surface area contributed by atoms with Crippen LogP contribution in [0.1, 0.15) is 21.8 Å². The van der Waals surface area contributed by atoms with E-state index in [1.54, 1.807) is 18.2 Å². The Kier molecular flexibility index (Phi) is 6.49. The Labute approximate surface area is 160 Å². The number of nitrogens with one attached hydrogen (secondary N) is 1. The van der Waals surface area contributed by atoms with Crippen molar-refractivity contribution in [1.29, 1.82) is 0 Å². The molecule has 0 fully saturated rings. The molecule has 0 spiro atoms. The first-order valence-electron chi connectivity index (χ1n) is 8.42. The average Bonchev–Trinajstić information content (AvgIpc) is 3.10. The lowest BCUT2D eigenvalue weighted by molar-refractivity contribution is 0.0944. The first kappa shape index (κ1) is 19.0. The Balaban J connectivity index is 1.51. The molecule has 140 valence electrons. The van der Waals surface area contributed by atoms with Gasteiger partial charge in [-0.1, -0.05) is 17.3 Å². The van der Waals surface area contributed by atoms with Gasteiger partial charge in [0.15, 0.2) is 0 Å². The minimum atomic E-state index is -0.315.